The molecule has 0 spiro atoms. The molecule has 3 saturated heterocycles. The first-order chi connectivity index (χ1) is 28.6. The minimum Gasteiger partial charge on any atom is -0.351 e. The van der Waals surface area contributed by atoms with Crippen molar-refractivity contribution in [3.05, 3.63) is 71.1 Å². The molecule has 3 amide bonds. The van der Waals surface area contributed by atoms with Gasteiger partial charge >= 0.3 is 12.2 Å². The number of anilines is 2. The van der Waals surface area contributed by atoms with E-state index in [2.05, 4.69) is 53.9 Å². The van der Waals surface area contributed by atoms with Crippen LogP contribution in [-0.4, -0.2) is 111 Å². The predicted octanol–water partition coefficient (Wildman–Crippen LogP) is 5.14. The number of fused-ring (bicyclic) bond motifs is 2. The fourth-order valence-corrected chi connectivity index (χ4v) is 9.78. The Bertz CT molecular complexity index is 2650. The minimum atomic E-state index is -4.46. The van der Waals surface area contributed by atoms with Gasteiger partial charge in [0.25, 0.3) is 0 Å². The highest BCUT2D eigenvalue weighted by Gasteiger charge is 2.32. The highest BCUT2D eigenvalue weighted by Crippen LogP contribution is 2.34. The first-order valence-electron chi connectivity index (χ1n) is 19.7. The van der Waals surface area contributed by atoms with Gasteiger partial charge in [-0.1, -0.05) is 17.7 Å². The maximum absolute atomic E-state index is 13.8. The van der Waals surface area contributed by atoms with E-state index in [0.29, 0.717) is 47.6 Å². The number of hydrogen-bond donors (Lipinski definition) is 2. The Hall–Kier alpha value is -5.91. The zero-order chi connectivity index (χ0) is 42.3. The van der Waals surface area contributed by atoms with Gasteiger partial charge < -0.3 is 5.32 Å². The highest BCUT2D eigenvalue weighted by molar-refractivity contribution is 7.89. The summed E-state index contributed by atoms with van der Waals surface area (Å²) in [6.07, 6.45) is 3.02. The number of aryl methyl sites for hydroxylation is 1. The molecule has 314 valence electrons. The molecule has 3 aliphatic heterocycles. The Labute approximate surface area is 343 Å². The summed E-state index contributed by atoms with van der Waals surface area (Å²) in [5.41, 5.74) is 4.04. The van der Waals surface area contributed by atoms with Gasteiger partial charge in [0.05, 0.1) is 33.6 Å². The van der Waals surface area contributed by atoms with Crippen molar-refractivity contribution in [3.63, 3.8) is 0 Å². The van der Waals surface area contributed by atoms with E-state index in [1.807, 2.05) is 26.1 Å². The third-order valence-corrected chi connectivity index (χ3v) is 13.3. The maximum atomic E-state index is 13.8. The van der Waals surface area contributed by atoms with Crippen molar-refractivity contribution < 1.29 is 31.2 Å². The summed E-state index contributed by atoms with van der Waals surface area (Å²) >= 11 is 0. The SMILES string of the molecule is C/C(=C\c1cc(S(=O)(=O)N2CCC(Nc3ncc4cnn(CC(F)(F)F)c4n3)CC2)ccc1C#N)CN1CCC(c2ccc3c(N4CCC(=O)NC4=O)nn(C)c3c2)CC1. The number of piperidine rings is 2. The van der Waals surface area contributed by atoms with E-state index in [-0.39, 0.29) is 54.5 Å². The van der Waals surface area contributed by atoms with Crippen molar-refractivity contribution in [2.45, 2.75) is 68.6 Å². The molecule has 2 N–H and O–H groups in total. The molecule has 2 aromatic carbocycles. The lowest BCUT2D eigenvalue weighted by molar-refractivity contribution is -0.142. The molecule has 3 aliphatic rings. The molecule has 16 nitrogen and oxygen atoms in total. The molecule has 0 saturated carbocycles. The summed E-state index contributed by atoms with van der Waals surface area (Å²) in [7, 11) is -2.06. The van der Waals surface area contributed by atoms with E-state index >= 15 is 0 Å². The second-order valence-electron chi connectivity index (χ2n) is 15.6. The molecule has 8 rings (SSSR count). The number of nitrogens with one attached hydrogen (secondary N) is 2. The average molecular weight is 845 g/mol. The smallest absolute Gasteiger partial charge is 0.351 e. The van der Waals surface area contributed by atoms with Gasteiger partial charge in [-0.05, 0) is 93.1 Å². The van der Waals surface area contributed by atoms with Crippen LogP contribution < -0.4 is 15.5 Å². The molecule has 0 aliphatic carbocycles. The van der Waals surface area contributed by atoms with Gasteiger partial charge in [0, 0.05) is 57.3 Å². The van der Waals surface area contributed by atoms with Crippen molar-refractivity contribution >= 4 is 61.7 Å². The fourth-order valence-electron chi connectivity index (χ4n) is 8.28. The second kappa shape index (κ2) is 16.3. The normalized spacial score (nSPS) is 18.3. The molecule has 0 radical (unpaired) electrons. The van der Waals surface area contributed by atoms with E-state index in [0.717, 1.165) is 47.1 Å². The van der Waals surface area contributed by atoms with Gasteiger partial charge in [0.15, 0.2) is 11.5 Å². The number of nitrogens with zero attached hydrogens (tertiary/aromatic N) is 10. The van der Waals surface area contributed by atoms with Gasteiger partial charge in [0.1, 0.15) is 6.54 Å². The number of amides is 3. The Balaban J connectivity index is 0.875. The number of rotatable bonds is 10. The van der Waals surface area contributed by atoms with Crippen molar-refractivity contribution in [2.24, 2.45) is 7.05 Å². The summed E-state index contributed by atoms with van der Waals surface area (Å²) in [5.74, 6) is 0.709. The van der Waals surface area contributed by atoms with Crippen LogP contribution in [0.25, 0.3) is 28.0 Å². The minimum absolute atomic E-state index is 0.0509. The monoisotopic (exact) mass is 844 g/mol. The zero-order valence-electron chi connectivity index (χ0n) is 33.0. The molecular formula is C40H43F3N12O4S. The van der Waals surface area contributed by atoms with E-state index in [9.17, 15) is 36.4 Å². The number of carbonyl (C=O) groups is 2. The summed E-state index contributed by atoms with van der Waals surface area (Å²) in [6, 6.07) is 12.3. The Kier molecular flexibility index (Phi) is 11.1. The number of imide groups is 1. The van der Waals surface area contributed by atoms with Gasteiger partial charge in [-0.15, -0.1) is 0 Å². The number of urea groups is 1. The van der Waals surface area contributed by atoms with Gasteiger partial charge in [-0.2, -0.15) is 37.9 Å². The number of carbonyl (C=O) groups excluding carboxylic acids is 2. The zero-order valence-corrected chi connectivity index (χ0v) is 33.8. The number of nitriles is 1. The van der Waals surface area contributed by atoms with Crippen LogP contribution in [-0.2, 0) is 28.4 Å². The topological polar surface area (TPSA) is 187 Å². The van der Waals surface area contributed by atoms with Crippen LogP contribution in [0.5, 0.6) is 0 Å². The Morgan fingerprint density at radius 3 is 2.52 bits per heavy atom. The van der Waals surface area contributed by atoms with Gasteiger partial charge in [-0.25, -0.2) is 22.9 Å². The van der Waals surface area contributed by atoms with Crippen molar-refractivity contribution in [1.29, 1.82) is 5.26 Å². The molecule has 6 heterocycles. The fraction of sp³-hybridized carbons (Fsp3) is 0.425. The van der Waals surface area contributed by atoms with Crippen LogP contribution in [0.2, 0.25) is 0 Å². The van der Waals surface area contributed by atoms with Crippen LogP contribution in [0, 0.1) is 11.3 Å². The predicted molar refractivity (Wildman–Crippen MR) is 216 cm³/mol. The van der Waals surface area contributed by atoms with Gasteiger partial charge in [-0.3, -0.25) is 24.6 Å². The lowest BCUT2D eigenvalue weighted by atomic mass is 9.88. The molecule has 0 unspecified atom stereocenters. The van der Waals surface area contributed by atoms with Crippen LogP contribution in [0.4, 0.5) is 29.7 Å². The Morgan fingerprint density at radius 1 is 1.03 bits per heavy atom. The molecule has 3 fully saturated rings. The van der Waals surface area contributed by atoms with E-state index < -0.39 is 28.8 Å². The second-order valence-corrected chi connectivity index (χ2v) is 17.5. The summed E-state index contributed by atoms with van der Waals surface area (Å²) in [4.78, 5) is 36.6. The maximum Gasteiger partial charge on any atom is 0.408 e. The average Bonchev–Trinajstić information content (AvgIpc) is 3.76. The number of aromatic nitrogens is 6. The van der Waals surface area contributed by atoms with Crippen LogP contribution >= 0.6 is 0 Å². The molecule has 0 atom stereocenters. The third kappa shape index (κ3) is 8.55. The van der Waals surface area contributed by atoms with Crippen molar-refractivity contribution in [3.8, 4) is 6.07 Å². The first-order valence-corrected chi connectivity index (χ1v) is 21.1. The number of alkyl halides is 3. The molecule has 0 bridgehead atoms. The van der Waals surface area contributed by atoms with Gasteiger partial charge in [0.2, 0.25) is 21.9 Å². The summed E-state index contributed by atoms with van der Waals surface area (Å²) in [5, 5.41) is 25.0. The summed E-state index contributed by atoms with van der Waals surface area (Å²) < 4.78 is 70.7. The lowest BCUT2D eigenvalue weighted by Crippen LogP contribution is -2.49. The molecular weight excluding hydrogens is 802 g/mol. The number of hydrogen-bond acceptors (Lipinski definition) is 11. The van der Waals surface area contributed by atoms with E-state index in [4.69, 9.17) is 0 Å². The van der Waals surface area contributed by atoms with E-state index in [1.54, 1.807) is 10.7 Å². The Morgan fingerprint density at radius 2 is 1.80 bits per heavy atom. The lowest BCUT2D eigenvalue weighted by Gasteiger charge is -2.32. The summed E-state index contributed by atoms with van der Waals surface area (Å²) in [6.45, 7) is 3.73. The standard InChI is InChI=1S/C40H43F3N12O4S/c1-25(23-52-12-7-26(8-13-52)27-4-6-33-34(19-27)51(2)50-37(33)54-16-11-35(56)48-39(54)57)17-29-18-32(5-3-28(29)20-44)60(58,59)53-14-9-31(10-15-53)47-38-45-21-30-22-46-55(36(30)49-38)24-40(41,42)43/h3-6,17-19,21-22,26,31H,7-16,23-24H2,1-2H3,(H,45,47,49)(H,48,56,57)/b25-17+. The largest absolute Gasteiger partial charge is 0.408 e. The van der Waals surface area contributed by atoms with Crippen molar-refractivity contribution in [2.75, 3.05) is 49.5 Å². The first kappa shape index (κ1) is 40.9. The molecule has 3 aromatic heterocycles. The van der Waals surface area contributed by atoms with E-state index in [1.165, 1.54) is 39.3 Å². The number of benzene rings is 2. The highest BCUT2D eigenvalue weighted by atomic mass is 32.2. The quantitative estimate of drug-likeness (QED) is 0.190. The third-order valence-electron chi connectivity index (χ3n) is 11.4. The van der Waals surface area contributed by atoms with Crippen LogP contribution in [0.3, 0.4) is 0 Å². The number of halogens is 3. The van der Waals surface area contributed by atoms with Crippen LogP contribution in [0.15, 0.2) is 59.3 Å². The van der Waals surface area contributed by atoms with Crippen LogP contribution in [0.1, 0.15) is 61.6 Å². The molecule has 60 heavy (non-hydrogen) atoms. The molecule has 20 heteroatoms. The number of sulfonamides is 1. The molecule has 5 aromatic rings. The number of likely N-dealkylation sites (tertiary alicyclic amines) is 1. The van der Waals surface area contributed by atoms with Crippen molar-refractivity contribution in [1.82, 2.24) is 44.1 Å².